The molecular weight excluding hydrogens is 308 g/mol. The molecular formula is C14H15ClN4OS. The van der Waals surface area contributed by atoms with Gasteiger partial charge in [-0.05, 0) is 25.3 Å². The van der Waals surface area contributed by atoms with Gasteiger partial charge in [0.15, 0.2) is 0 Å². The summed E-state index contributed by atoms with van der Waals surface area (Å²) in [6, 6.07) is 3.95. The molecule has 0 radical (unpaired) electrons. The SMILES string of the molecule is Cc1nn(CC(C)c2nc(-c3cccs3)no2)c(C)c1Cl. The number of thiophene rings is 1. The van der Waals surface area contributed by atoms with Gasteiger partial charge in [0.2, 0.25) is 11.7 Å². The van der Waals surface area contributed by atoms with Gasteiger partial charge in [-0.15, -0.1) is 11.3 Å². The van der Waals surface area contributed by atoms with Crippen LogP contribution in [-0.2, 0) is 6.54 Å². The molecule has 0 spiro atoms. The lowest BCUT2D eigenvalue weighted by molar-refractivity contribution is 0.341. The Bertz CT molecular complexity index is 747. The van der Waals surface area contributed by atoms with Crippen LogP contribution in [-0.4, -0.2) is 19.9 Å². The van der Waals surface area contributed by atoms with Crippen LogP contribution < -0.4 is 0 Å². The Morgan fingerprint density at radius 3 is 2.86 bits per heavy atom. The number of aryl methyl sites for hydroxylation is 1. The summed E-state index contributed by atoms with van der Waals surface area (Å²) >= 11 is 7.76. The molecule has 5 nitrogen and oxygen atoms in total. The largest absolute Gasteiger partial charge is 0.339 e. The molecule has 3 aromatic heterocycles. The van der Waals surface area contributed by atoms with Gasteiger partial charge in [0.05, 0.1) is 33.8 Å². The highest BCUT2D eigenvalue weighted by Gasteiger charge is 2.18. The van der Waals surface area contributed by atoms with Crippen LogP contribution in [0, 0.1) is 13.8 Å². The van der Waals surface area contributed by atoms with E-state index in [0.717, 1.165) is 16.3 Å². The predicted molar refractivity (Wildman–Crippen MR) is 82.7 cm³/mol. The maximum absolute atomic E-state index is 6.17. The van der Waals surface area contributed by atoms with Gasteiger partial charge in [-0.2, -0.15) is 10.1 Å². The smallest absolute Gasteiger partial charge is 0.231 e. The first kappa shape index (κ1) is 14.3. The summed E-state index contributed by atoms with van der Waals surface area (Å²) in [4.78, 5) is 5.47. The third-order valence-corrected chi connectivity index (χ3v) is 4.76. The first-order valence-corrected chi connectivity index (χ1v) is 7.89. The van der Waals surface area contributed by atoms with Crippen molar-refractivity contribution in [1.29, 1.82) is 0 Å². The zero-order chi connectivity index (χ0) is 15.0. The van der Waals surface area contributed by atoms with Gasteiger partial charge in [-0.25, -0.2) is 0 Å². The Balaban J connectivity index is 1.79. The standard InChI is InChI=1S/C14H15ClN4OS/c1-8(7-19-10(3)12(15)9(2)17-19)14-16-13(18-20-14)11-5-4-6-21-11/h4-6,8H,7H2,1-3H3. The van der Waals surface area contributed by atoms with Crippen molar-refractivity contribution in [2.75, 3.05) is 0 Å². The minimum absolute atomic E-state index is 0.0697. The molecule has 1 unspecified atom stereocenters. The predicted octanol–water partition coefficient (Wildman–Crippen LogP) is 4.07. The quantitative estimate of drug-likeness (QED) is 0.726. The van der Waals surface area contributed by atoms with Crippen LogP contribution in [0.1, 0.15) is 30.1 Å². The van der Waals surface area contributed by atoms with Crippen molar-refractivity contribution in [2.24, 2.45) is 0 Å². The second-order valence-corrected chi connectivity index (χ2v) is 6.33. The maximum Gasteiger partial charge on any atom is 0.231 e. The zero-order valence-corrected chi connectivity index (χ0v) is 13.6. The number of rotatable bonds is 4. The van der Waals surface area contributed by atoms with E-state index in [2.05, 4.69) is 15.2 Å². The molecule has 0 fully saturated rings. The van der Waals surface area contributed by atoms with E-state index in [0.29, 0.717) is 23.3 Å². The van der Waals surface area contributed by atoms with E-state index in [-0.39, 0.29) is 5.92 Å². The summed E-state index contributed by atoms with van der Waals surface area (Å²) in [5.41, 5.74) is 1.80. The van der Waals surface area contributed by atoms with E-state index in [1.165, 1.54) is 0 Å². The van der Waals surface area contributed by atoms with Crippen LogP contribution in [0.4, 0.5) is 0 Å². The lowest BCUT2D eigenvalue weighted by Gasteiger charge is -2.08. The van der Waals surface area contributed by atoms with Gasteiger partial charge in [-0.1, -0.05) is 29.7 Å². The Morgan fingerprint density at radius 2 is 2.24 bits per heavy atom. The van der Waals surface area contributed by atoms with E-state index in [9.17, 15) is 0 Å². The minimum Gasteiger partial charge on any atom is -0.339 e. The van der Waals surface area contributed by atoms with Crippen molar-refractivity contribution in [3.63, 3.8) is 0 Å². The van der Waals surface area contributed by atoms with Crippen molar-refractivity contribution >= 4 is 22.9 Å². The monoisotopic (exact) mass is 322 g/mol. The van der Waals surface area contributed by atoms with Crippen molar-refractivity contribution in [3.05, 3.63) is 39.8 Å². The molecule has 0 aromatic carbocycles. The molecule has 3 rings (SSSR count). The van der Waals surface area contributed by atoms with E-state index in [1.807, 2.05) is 43.0 Å². The fourth-order valence-electron chi connectivity index (χ4n) is 2.13. The molecule has 0 bridgehead atoms. The Kier molecular flexibility index (Phi) is 3.82. The van der Waals surface area contributed by atoms with Gasteiger partial charge in [0.1, 0.15) is 0 Å². The number of halogens is 1. The molecule has 21 heavy (non-hydrogen) atoms. The first-order valence-electron chi connectivity index (χ1n) is 6.63. The average molecular weight is 323 g/mol. The second-order valence-electron chi connectivity index (χ2n) is 5.00. The fourth-order valence-corrected chi connectivity index (χ4v) is 2.92. The minimum atomic E-state index is 0.0697. The van der Waals surface area contributed by atoms with Crippen LogP contribution >= 0.6 is 22.9 Å². The molecule has 0 aliphatic heterocycles. The van der Waals surface area contributed by atoms with Gasteiger partial charge in [0.25, 0.3) is 0 Å². The van der Waals surface area contributed by atoms with Gasteiger partial charge in [0, 0.05) is 0 Å². The van der Waals surface area contributed by atoms with Crippen molar-refractivity contribution < 1.29 is 4.52 Å². The first-order chi connectivity index (χ1) is 10.1. The summed E-state index contributed by atoms with van der Waals surface area (Å²) in [6.45, 7) is 6.56. The molecule has 0 aliphatic carbocycles. The lowest BCUT2D eigenvalue weighted by Crippen LogP contribution is -2.09. The van der Waals surface area contributed by atoms with Crippen LogP contribution in [0.2, 0.25) is 5.02 Å². The average Bonchev–Trinajstić information content (AvgIpc) is 3.17. The van der Waals surface area contributed by atoms with E-state index >= 15 is 0 Å². The van der Waals surface area contributed by atoms with E-state index < -0.39 is 0 Å². The van der Waals surface area contributed by atoms with E-state index in [4.69, 9.17) is 16.1 Å². The third kappa shape index (κ3) is 2.73. The van der Waals surface area contributed by atoms with E-state index in [1.54, 1.807) is 11.3 Å². The molecule has 0 N–H and O–H groups in total. The molecule has 0 amide bonds. The van der Waals surface area contributed by atoms with Crippen LogP contribution in [0.15, 0.2) is 22.0 Å². The topological polar surface area (TPSA) is 56.7 Å². The molecule has 0 saturated carbocycles. The Morgan fingerprint density at radius 1 is 1.43 bits per heavy atom. The van der Waals surface area contributed by atoms with Gasteiger partial charge < -0.3 is 4.52 Å². The van der Waals surface area contributed by atoms with Crippen LogP contribution in [0.5, 0.6) is 0 Å². The molecule has 7 heteroatoms. The molecule has 0 aliphatic rings. The lowest BCUT2D eigenvalue weighted by atomic mass is 10.2. The number of aromatic nitrogens is 4. The highest BCUT2D eigenvalue weighted by Crippen LogP contribution is 2.25. The number of nitrogens with zero attached hydrogens (tertiary/aromatic N) is 4. The molecule has 0 saturated heterocycles. The van der Waals surface area contributed by atoms with Crippen LogP contribution in [0.3, 0.4) is 0 Å². The zero-order valence-electron chi connectivity index (χ0n) is 12.0. The molecule has 110 valence electrons. The number of hydrogen-bond acceptors (Lipinski definition) is 5. The summed E-state index contributed by atoms with van der Waals surface area (Å²) in [7, 11) is 0. The van der Waals surface area contributed by atoms with Crippen molar-refractivity contribution in [2.45, 2.75) is 33.2 Å². The van der Waals surface area contributed by atoms with Crippen LogP contribution in [0.25, 0.3) is 10.7 Å². The highest BCUT2D eigenvalue weighted by atomic mass is 35.5. The fraction of sp³-hybridized carbons (Fsp3) is 0.357. The number of hydrogen-bond donors (Lipinski definition) is 0. The molecule has 3 aromatic rings. The van der Waals surface area contributed by atoms with Crippen molar-refractivity contribution in [3.8, 4) is 10.7 Å². The molecule has 3 heterocycles. The Labute approximate surface area is 131 Å². The third-order valence-electron chi connectivity index (χ3n) is 3.34. The normalized spacial score (nSPS) is 12.8. The second kappa shape index (κ2) is 5.61. The van der Waals surface area contributed by atoms with Gasteiger partial charge in [-0.3, -0.25) is 4.68 Å². The van der Waals surface area contributed by atoms with Gasteiger partial charge >= 0.3 is 0 Å². The van der Waals surface area contributed by atoms with Crippen molar-refractivity contribution in [1.82, 2.24) is 19.9 Å². The summed E-state index contributed by atoms with van der Waals surface area (Å²) in [5, 5.41) is 11.2. The highest BCUT2D eigenvalue weighted by molar-refractivity contribution is 7.13. The summed E-state index contributed by atoms with van der Waals surface area (Å²) < 4.78 is 7.26. The maximum atomic E-state index is 6.17. The summed E-state index contributed by atoms with van der Waals surface area (Å²) in [5.74, 6) is 1.32. The molecule has 1 atom stereocenters. The summed E-state index contributed by atoms with van der Waals surface area (Å²) in [6.07, 6.45) is 0. The Hall–Kier alpha value is -1.66.